The molecule has 0 radical (unpaired) electrons. The summed E-state index contributed by atoms with van der Waals surface area (Å²) >= 11 is 0. The maximum atomic E-state index is 5.99. The first-order valence-corrected chi connectivity index (χ1v) is 7.00. The Hall–Kier alpha value is -2.00. The molecule has 104 valence electrons. The van der Waals surface area contributed by atoms with Gasteiger partial charge in [0.25, 0.3) is 0 Å². The van der Waals surface area contributed by atoms with E-state index in [1.165, 1.54) is 11.1 Å². The molecule has 0 amide bonds. The number of para-hydroxylation sites is 1. The predicted octanol–water partition coefficient (Wildman–Crippen LogP) is 2.97. The molecule has 0 saturated carbocycles. The van der Waals surface area contributed by atoms with Gasteiger partial charge in [0.2, 0.25) is 0 Å². The molecule has 3 nitrogen and oxygen atoms in total. The minimum Gasteiger partial charge on any atom is -0.492 e. The normalized spacial score (nSPS) is 15.2. The molecule has 1 aliphatic heterocycles. The summed E-state index contributed by atoms with van der Waals surface area (Å²) in [4.78, 5) is 2.40. The molecule has 1 aliphatic rings. The number of nitrogens with zero attached hydrogens (tertiary/aromatic N) is 1. The largest absolute Gasteiger partial charge is 0.492 e. The van der Waals surface area contributed by atoms with Gasteiger partial charge in [-0.15, -0.1) is 0 Å². The van der Waals surface area contributed by atoms with Crippen molar-refractivity contribution in [2.45, 2.75) is 20.0 Å². The molecule has 0 fully saturated rings. The zero-order valence-corrected chi connectivity index (χ0v) is 11.8. The van der Waals surface area contributed by atoms with Gasteiger partial charge in [-0.1, -0.05) is 30.3 Å². The fraction of sp³-hybridized carbons (Fsp3) is 0.294. The number of hydrogen-bond donors (Lipinski definition) is 1. The molecular weight excluding hydrogens is 248 g/mol. The van der Waals surface area contributed by atoms with Crippen LogP contribution in [0.15, 0.2) is 42.5 Å². The summed E-state index contributed by atoms with van der Waals surface area (Å²) in [5.74, 6) is 1.01. The highest BCUT2D eigenvalue weighted by molar-refractivity contribution is 5.48. The summed E-state index contributed by atoms with van der Waals surface area (Å²) < 4.78 is 5.79. The zero-order chi connectivity index (χ0) is 13.9. The Kier molecular flexibility index (Phi) is 3.61. The van der Waals surface area contributed by atoms with E-state index >= 15 is 0 Å². The third-order valence-corrected chi connectivity index (χ3v) is 3.78. The summed E-state index contributed by atoms with van der Waals surface area (Å²) in [5.41, 5.74) is 10.5. The van der Waals surface area contributed by atoms with Gasteiger partial charge >= 0.3 is 0 Å². The number of nitrogen functional groups attached to an aromatic ring is 1. The first-order chi connectivity index (χ1) is 9.72. The highest BCUT2D eigenvalue weighted by atomic mass is 16.5. The maximum absolute atomic E-state index is 5.99. The van der Waals surface area contributed by atoms with Crippen LogP contribution in [0.3, 0.4) is 0 Å². The Morgan fingerprint density at radius 3 is 2.90 bits per heavy atom. The minimum absolute atomic E-state index is 0.734. The second kappa shape index (κ2) is 5.55. The van der Waals surface area contributed by atoms with Crippen LogP contribution in [0, 0.1) is 6.92 Å². The summed E-state index contributed by atoms with van der Waals surface area (Å²) in [5, 5.41) is 0. The van der Waals surface area contributed by atoms with Crippen LogP contribution in [0.1, 0.15) is 16.7 Å². The van der Waals surface area contributed by atoms with Crippen LogP contribution in [0.25, 0.3) is 0 Å². The van der Waals surface area contributed by atoms with Crippen LogP contribution in [-0.4, -0.2) is 18.1 Å². The van der Waals surface area contributed by atoms with E-state index < -0.39 is 0 Å². The maximum Gasteiger partial charge on any atom is 0.123 e. The number of ether oxygens (including phenoxy) is 1. The second-order valence-corrected chi connectivity index (χ2v) is 5.36. The summed E-state index contributed by atoms with van der Waals surface area (Å²) in [6.45, 7) is 5.53. The van der Waals surface area contributed by atoms with E-state index in [4.69, 9.17) is 10.5 Å². The Morgan fingerprint density at radius 2 is 2.05 bits per heavy atom. The minimum atomic E-state index is 0.734. The lowest BCUT2D eigenvalue weighted by Crippen LogP contribution is -2.25. The van der Waals surface area contributed by atoms with Crippen LogP contribution in [0.5, 0.6) is 5.75 Å². The fourth-order valence-electron chi connectivity index (χ4n) is 2.56. The van der Waals surface area contributed by atoms with Crippen LogP contribution < -0.4 is 10.5 Å². The molecule has 2 aromatic carbocycles. The number of anilines is 1. The smallest absolute Gasteiger partial charge is 0.123 e. The van der Waals surface area contributed by atoms with Crippen molar-refractivity contribution in [3.63, 3.8) is 0 Å². The SMILES string of the molecule is Cc1ccc(CN2CCOc3ccccc3C2)cc1N. The highest BCUT2D eigenvalue weighted by Crippen LogP contribution is 2.24. The van der Waals surface area contributed by atoms with E-state index in [2.05, 4.69) is 35.2 Å². The number of fused-ring (bicyclic) bond motifs is 1. The van der Waals surface area contributed by atoms with E-state index in [-0.39, 0.29) is 0 Å². The number of aryl methyl sites for hydroxylation is 1. The van der Waals surface area contributed by atoms with Crippen molar-refractivity contribution >= 4 is 5.69 Å². The Bertz CT molecular complexity index is 610. The van der Waals surface area contributed by atoms with Crippen LogP contribution in [0.2, 0.25) is 0 Å². The van der Waals surface area contributed by atoms with Crippen molar-refractivity contribution in [1.82, 2.24) is 4.90 Å². The molecule has 2 aromatic rings. The molecule has 0 atom stereocenters. The van der Waals surface area contributed by atoms with Gasteiger partial charge in [-0.05, 0) is 30.2 Å². The molecule has 3 heteroatoms. The first-order valence-electron chi connectivity index (χ1n) is 7.00. The molecule has 0 saturated heterocycles. The monoisotopic (exact) mass is 268 g/mol. The molecule has 0 spiro atoms. The van der Waals surface area contributed by atoms with E-state index in [1.807, 2.05) is 19.1 Å². The van der Waals surface area contributed by atoms with Gasteiger partial charge in [-0.2, -0.15) is 0 Å². The third kappa shape index (κ3) is 2.78. The van der Waals surface area contributed by atoms with Gasteiger partial charge in [0.05, 0.1) is 0 Å². The van der Waals surface area contributed by atoms with Crippen LogP contribution in [-0.2, 0) is 13.1 Å². The van der Waals surface area contributed by atoms with Crippen molar-refractivity contribution in [2.24, 2.45) is 0 Å². The number of rotatable bonds is 2. The van der Waals surface area contributed by atoms with Gasteiger partial charge < -0.3 is 10.5 Å². The molecule has 20 heavy (non-hydrogen) atoms. The molecule has 2 N–H and O–H groups in total. The molecule has 0 aliphatic carbocycles. The van der Waals surface area contributed by atoms with Crippen molar-refractivity contribution in [2.75, 3.05) is 18.9 Å². The number of hydrogen-bond acceptors (Lipinski definition) is 3. The van der Waals surface area contributed by atoms with Crippen LogP contribution >= 0.6 is 0 Å². The summed E-state index contributed by atoms with van der Waals surface area (Å²) in [7, 11) is 0. The van der Waals surface area contributed by atoms with Crippen molar-refractivity contribution < 1.29 is 4.74 Å². The number of benzene rings is 2. The lowest BCUT2D eigenvalue weighted by molar-refractivity contribution is 0.219. The lowest BCUT2D eigenvalue weighted by atomic mass is 10.1. The first kappa shape index (κ1) is 13.0. The predicted molar refractivity (Wildman–Crippen MR) is 81.6 cm³/mol. The Balaban J connectivity index is 1.76. The highest BCUT2D eigenvalue weighted by Gasteiger charge is 2.15. The summed E-state index contributed by atoms with van der Waals surface area (Å²) in [6.07, 6.45) is 0. The average Bonchev–Trinajstić information content (AvgIpc) is 2.64. The van der Waals surface area contributed by atoms with E-state index in [0.717, 1.165) is 43.2 Å². The standard InChI is InChI=1S/C17H20N2O/c1-13-6-7-14(10-16(13)18)11-19-8-9-20-17-5-3-2-4-15(17)12-19/h2-7,10H,8-9,11-12,18H2,1H3. The van der Waals surface area contributed by atoms with Gasteiger partial charge in [0, 0.05) is 30.9 Å². The second-order valence-electron chi connectivity index (χ2n) is 5.36. The molecule has 3 rings (SSSR count). The van der Waals surface area contributed by atoms with Crippen LogP contribution in [0.4, 0.5) is 5.69 Å². The van der Waals surface area contributed by atoms with Crippen molar-refractivity contribution in [3.8, 4) is 5.75 Å². The van der Waals surface area contributed by atoms with Crippen molar-refractivity contribution in [3.05, 3.63) is 59.2 Å². The molecular formula is C17H20N2O. The molecule has 0 unspecified atom stereocenters. The van der Waals surface area contributed by atoms with E-state index in [9.17, 15) is 0 Å². The Morgan fingerprint density at radius 1 is 1.20 bits per heavy atom. The quantitative estimate of drug-likeness (QED) is 0.851. The van der Waals surface area contributed by atoms with Gasteiger partial charge in [-0.25, -0.2) is 0 Å². The van der Waals surface area contributed by atoms with Crippen molar-refractivity contribution in [1.29, 1.82) is 0 Å². The van der Waals surface area contributed by atoms with Gasteiger partial charge in [0.1, 0.15) is 12.4 Å². The zero-order valence-electron chi connectivity index (χ0n) is 11.8. The number of nitrogens with two attached hydrogens (primary N) is 1. The average molecular weight is 268 g/mol. The van der Waals surface area contributed by atoms with Gasteiger partial charge in [0.15, 0.2) is 0 Å². The lowest BCUT2D eigenvalue weighted by Gasteiger charge is -2.19. The molecule has 0 bridgehead atoms. The fourth-order valence-corrected chi connectivity index (χ4v) is 2.56. The molecule has 0 aromatic heterocycles. The molecule has 1 heterocycles. The van der Waals surface area contributed by atoms with Gasteiger partial charge in [-0.3, -0.25) is 4.90 Å². The van der Waals surface area contributed by atoms with E-state index in [1.54, 1.807) is 0 Å². The van der Waals surface area contributed by atoms with E-state index in [0.29, 0.717) is 0 Å². The topological polar surface area (TPSA) is 38.5 Å². The summed E-state index contributed by atoms with van der Waals surface area (Å²) in [6, 6.07) is 14.6. The third-order valence-electron chi connectivity index (χ3n) is 3.78. The Labute approximate surface area is 120 Å².